The molecular formula is C21H28N2O4. The number of hydrogen-bond acceptors (Lipinski definition) is 5. The third kappa shape index (κ3) is 5.06. The van der Waals surface area contributed by atoms with Crippen LogP contribution in [0.3, 0.4) is 0 Å². The third-order valence-corrected chi connectivity index (χ3v) is 4.34. The quantitative estimate of drug-likeness (QED) is 0.696. The van der Waals surface area contributed by atoms with Gasteiger partial charge < -0.3 is 24.8 Å². The molecule has 0 radical (unpaired) electrons. The van der Waals surface area contributed by atoms with Crippen molar-refractivity contribution in [1.82, 2.24) is 0 Å². The van der Waals surface area contributed by atoms with Crippen LogP contribution in [-0.4, -0.2) is 33.8 Å². The van der Waals surface area contributed by atoms with Gasteiger partial charge in [0.05, 0.1) is 21.3 Å². The Balaban J connectivity index is 2.00. The van der Waals surface area contributed by atoms with Crippen LogP contribution in [0.2, 0.25) is 0 Å². The van der Waals surface area contributed by atoms with Crippen molar-refractivity contribution in [2.24, 2.45) is 0 Å². The SMILES string of the molecule is CCc1cccc(C)c1NCCC(=O)Nc1cc(OC)c(OC)c(OC)c1. The monoisotopic (exact) mass is 372 g/mol. The lowest BCUT2D eigenvalue weighted by atomic mass is 10.1. The fraction of sp³-hybridized carbons (Fsp3) is 0.381. The van der Waals surface area contributed by atoms with Crippen molar-refractivity contribution in [3.8, 4) is 17.2 Å². The smallest absolute Gasteiger partial charge is 0.226 e. The van der Waals surface area contributed by atoms with Gasteiger partial charge in [-0.05, 0) is 24.5 Å². The third-order valence-electron chi connectivity index (χ3n) is 4.34. The number of methoxy groups -OCH3 is 3. The molecule has 146 valence electrons. The first kappa shape index (κ1) is 20.4. The molecule has 2 N–H and O–H groups in total. The van der Waals surface area contributed by atoms with Gasteiger partial charge in [0.15, 0.2) is 11.5 Å². The van der Waals surface area contributed by atoms with Crippen LogP contribution in [0.4, 0.5) is 11.4 Å². The zero-order valence-corrected chi connectivity index (χ0v) is 16.6. The predicted molar refractivity (Wildman–Crippen MR) is 108 cm³/mol. The van der Waals surface area contributed by atoms with Crippen LogP contribution < -0.4 is 24.8 Å². The highest BCUT2D eigenvalue weighted by Gasteiger charge is 2.14. The highest BCUT2D eigenvalue weighted by Crippen LogP contribution is 2.39. The number of anilines is 2. The lowest BCUT2D eigenvalue weighted by Crippen LogP contribution is -2.17. The number of para-hydroxylation sites is 1. The van der Waals surface area contributed by atoms with Crippen LogP contribution in [0.25, 0.3) is 0 Å². The van der Waals surface area contributed by atoms with E-state index in [-0.39, 0.29) is 5.91 Å². The molecule has 0 unspecified atom stereocenters. The first-order chi connectivity index (χ1) is 13.0. The zero-order chi connectivity index (χ0) is 19.8. The summed E-state index contributed by atoms with van der Waals surface area (Å²) >= 11 is 0. The maximum atomic E-state index is 12.3. The van der Waals surface area contributed by atoms with Crippen molar-refractivity contribution in [3.63, 3.8) is 0 Å². The summed E-state index contributed by atoms with van der Waals surface area (Å²) < 4.78 is 15.9. The molecule has 2 rings (SSSR count). The number of ether oxygens (including phenoxy) is 3. The molecule has 0 aliphatic heterocycles. The lowest BCUT2D eigenvalue weighted by Gasteiger charge is -2.15. The summed E-state index contributed by atoms with van der Waals surface area (Å²) in [5.41, 5.74) is 4.14. The molecule has 6 nitrogen and oxygen atoms in total. The number of hydrogen-bond donors (Lipinski definition) is 2. The van der Waals surface area contributed by atoms with Crippen LogP contribution >= 0.6 is 0 Å². The van der Waals surface area contributed by atoms with E-state index in [9.17, 15) is 4.79 Å². The zero-order valence-electron chi connectivity index (χ0n) is 16.6. The molecule has 2 aromatic rings. The Morgan fingerprint density at radius 1 is 1.04 bits per heavy atom. The second-order valence-corrected chi connectivity index (χ2v) is 6.10. The molecule has 0 heterocycles. The van der Waals surface area contributed by atoms with Gasteiger partial charge in [-0.3, -0.25) is 4.79 Å². The molecule has 0 aliphatic rings. The van der Waals surface area contributed by atoms with E-state index >= 15 is 0 Å². The minimum absolute atomic E-state index is 0.0941. The molecule has 0 bridgehead atoms. The Hall–Kier alpha value is -2.89. The highest BCUT2D eigenvalue weighted by atomic mass is 16.5. The maximum Gasteiger partial charge on any atom is 0.226 e. The molecular weight excluding hydrogens is 344 g/mol. The minimum atomic E-state index is -0.0941. The van der Waals surface area contributed by atoms with Crippen molar-refractivity contribution < 1.29 is 19.0 Å². The Labute approximate surface area is 160 Å². The Morgan fingerprint density at radius 2 is 1.70 bits per heavy atom. The molecule has 1 amide bonds. The van der Waals surface area contributed by atoms with Gasteiger partial charge in [-0.2, -0.15) is 0 Å². The number of amides is 1. The van der Waals surface area contributed by atoms with Gasteiger partial charge in [0.1, 0.15) is 0 Å². The molecule has 0 saturated carbocycles. The van der Waals surface area contributed by atoms with Gasteiger partial charge in [-0.25, -0.2) is 0 Å². The number of benzene rings is 2. The standard InChI is InChI=1S/C21H28N2O4/c1-6-15-9-7-8-14(2)20(15)22-11-10-19(24)23-16-12-17(25-3)21(27-5)18(13-16)26-4/h7-9,12-13,22H,6,10-11H2,1-5H3,(H,23,24). The summed E-state index contributed by atoms with van der Waals surface area (Å²) in [6.07, 6.45) is 1.29. The van der Waals surface area contributed by atoms with Crippen LogP contribution in [0.15, 0.2) is 30.3 Å². The van der Waals surface area contributed by atoms with E-state index in [1.165, 1.54) is 11.1 Å². The van der Waals surface area contributed by atoms with E-state index in [1.807, 2.05) is 0 Å². The summed E-state index contributed by atoms with van der Waals surface area (Å²) in [4.78, 5) is 12.3. The second-order valence-electron chi connectivity index (χ2n) is 6.10. The van der Waals surface area contributed by atoms with Crippen LogP contribution in [0.1, 0.15) is 24.5 Å². The van der Waals surface area contributed by atoms with E-state index in [1.54, 1.807) is 33.5 Å². The molecule has 0 aliphatic carbocycles. The van der Waals surface area contributed by atoms with Gasteiger partial charge >= 0.3 is 0 Å². The van der Waals surface area contributed by atoms with Crippen LogP contribution in [0, 0.1) is 6.92 Å². The molecule has 0 fully saturated rings. The largest absolute Gasteiger partial charge is 0.493 e. The maximum absolute atomic E-state index is 12.3. The fourth-order valence-corrected chi connectivity index (χ4v) is 2.95. The Morgan fingerprint density at radius 3 is 2.26 bits per heavy atom. The highest BCUT2D eigenvalue weighted by molar-refractivity contribution is 5.91. The van der Waals surface area contributed by atoms with Crippen molar-refractivity contribution in [2.75, 3.05) is 38.5 Å². The predicted octanol–water partition coefficient (Wildman–Crippen LogP) is 4.02. The van der Waals surface area contributed by atoms with E-state index in [0.29, 0.717) is 35.9 Å². The number of carbonyl (C=O) groups excluding carboxylic acids is 1. The van der Waals surface area contributed by atoms with Crippen LogP contribution in [0.5, 0.6) is 17.2 Å². The minimum Gasteiger partial charge on any atom is -0.493 e. The van der Waals surface area contributed by atoms with Crippen molar-refractivity contribution in [2.45, 2.75) is 26.7 Å². The first-order valence-electron chi connectivity index (χ1n) is 8.96. The summed E-state index contributed by atoms with van der Waals surface area (Å²) in [6, 6.07) is 9.64. The average Bonchev–Trinajstić information content (AvgIpc) is 2.68. The summed E-state index contributed by atoms with van der Waals surface area (Å²) in [5.74, 6) is 1.39. The van der Waals surface area contributed by atoms with Gasteiger partial charge in [-0.15, -0.1) is 0 Å². The molecule has 0 saturated heterocycles. The second kappa shape index (κ2) is 9.71. The molecule has 2 aromatic carbocycles. The van der Waals surface area contributed by atoms with Gasteiger partial charge in [-0.1, -0.05) is 25.1 Å². The first-order valence-corrected chi connectivity index (χ1v) is 8.96. The Kier molecular flexibility index (Phi) is 7.34. The Bertz CT molecular complexity index is 765. The number of nitrogens with one attached hydrogen (secondary N) is 2. The average molecular weight is 372 g/mol. The van der Waals surface area contributed by atoms with Crippen molar-refractivity contribution >= 4 is 17.3 Å². The normalized spacial score (nSPS) is 10.3. The van der Waals surface area contributed by atoms with E-state index in [4.69, 9.17) is 14.2 Å². The molecule has 27 heavy (non-hydrogen) atoms. The number of carbonyl (C=O) groups is 1. The summed E-state index contributed by atoms with van der Waals surface area (Å²) in [5, 5.41) is 6.26. The molecule has 0 spiro atoms. The van der Waals surface area contributed by atoms with Gasteiger partial charge in [0.2, 0.25) is 11.7 Å². The van der Waals surface area contributed by atoms with E-state index < -0.39 is 0 Å². The molecule has 6 heteroatoms. The topological polar surface area (TPSA) is 68.8 Å². The van der Waals surface area contributed by atoms with Gasteiger partial charge in [0, 0.05) is 36.5 Å². The summed E-state index contributed by atoms with van der Waals surface area (Å²) in [7, 11) is 4.63. The van der Waals surface area contributed by atoms with E-state index in [0.717, 1.165) is 12.1 Å². The van der Waals surface area contributed by atoms with Crippen molar-refractivity contribution in [1.29, 1.82) is 0 Å². The molecule has 0 atom stereocenters. The van der Waals surface area contributed by atoms with E-state index in [2.05, 4.69) is 42.7 Å². The summed E-state index contributed by atoms with van der Waals surface area (Å²) in [6.45, 7) is 4.74. The lowest BCUT2D eigenvalue weighted by molar-refractivity contribution is -0.115. The number of aryl methyl sites for hydroxylation is 2. The van der Waals surface area contributed by atoms with Crippen LogP contribution in [-0.2, 0) is 11.2 Å². The van der Waals surface area contributed by atoms with Gasteiger partial charge in [0.25, 0.3) is 0 Å². The fourth-order valence-electron chi connectivity index (χ4n) is 2.95. The number of rotatable bonds is 9. The van der Waals surface area contributed by atoms with Crippen molar-refractivity contribution in [3.05, 3.63) is 41.5 Å². The molecule has 0 aromatic heterocycles.